The molecule has 5 nitrogen and oxygen atoms in total. The Morgan fingerprint density at radius 1 is 1.29 bits per heavy atom. The van der Waals surface area contributed by atoms with E-state index < -0.39 is 9.84 Å². The number of hydrogen-bond acceptors (Lipinski definition) is 3. The number of benzene rings is 1. The Hall–Kier alpha value is -0.830. The molecule has 0 saturated carbocycles. The first-order valence-corrected chi connectivity index (χ1v) is 8.51. The fraction of sp³-hybridized carbons (Fsp3) is 0.500. The second-order valence-corrected chi connectivity index (χ2v) is 7.23. The van der Waals surface area contributed by atoms with Crippen molar-refractivity contribution in [2.75, 3.05) is 19.3 Å². The van der Waals surface area contributed by atoms with Gasteiger partial charge in [-0.25, -0.2) is 8.42 Å². The fourth-order valence-corrected chi connectivity index (χ4v) is 2.21. The van der Waals surface area contributed by atoms with Crippen LogP contribution in [0.3, 0.4) is 0 Å². The molecular weight excluding hydrogens is 401 g/mol. The van der Waals surface area contributed by atoms with E-state index in [0.717, 1.165) is 12.0 Å². The molecule has 1 aromatic carbocycles. The summed E-state index contributed by atoms with van der Waals surface area (Å²) in [6.45, 7) is 5.55. The number of halogens is 1. The van der Waals surface area contributed by atoms with Crippen molar-refractivity contribution in [3.63, 3.8) is 0 Å². The van der Waals surface area contributed by atoms with Crippen molar-refractivity contribution in [3.8, 4) is 0 Å². The lowest BCUT2D eigenvalue weighted by atomic mass is 10.1. The number of rotatable bonds is 6. The summed E-state index contributed by atoms with van der Waals surface area (Å²) < 4.78 is 22.7. The smallest absolute Gasteiger partial charge is 0.188 e. The molecule has 1 aromatic rings. The molecule has 0 bridgehead atoms. The second-order valence-electron chi connectivity index (χ2n) is 5.21. The molecule has 0 unspecified atom stereocenters. The molecule has 0 aliphatic carbocycles. The molecule has 0 fully saturated rings. The Bertz CT molecular complexity index is 554. The molecule has 120 valence electrons. The first-order valence-electron chi connectivity index (χ1n) is 6.62. The van der Waals surface area contributed by atoms with Gasteiger partial charge in [-0.3, -0.25) is 4.99 Å². The minimum absolute atomic E-state index is 0. The number of aliphatic imine (C=N–C) groups is 1. The minimum atomic E-state index is -3.12. The number of hydrogen-bond donors (Lipinski definition) is 2. The van der Waals surface area contributed by atoms with E-state index in [1.165, 1.54) is 6.26 Å². The zero-order chi connectivity index (χ0) is 15.2. The van der Waals surface area contributed by atoms with Crippen LogP contribution in [0.1, 0.15) is 19.4 Å². The number of nitrogens with one attached hydrogen (secondary N) is 1. The average molecular weight is 425 g/mol. The van der Waals surface area contributed by atoms with Crippen molar-refractivity contribution >= 4 is 39.8 Å². The van der Waals surface area contributed by atoms with Crippen LogP contribution >= 0.6 is 24.0 Å². The molecule has 1 rings (SSSR count). The highest BCUT2D eigenvalue weighted by Crippen LogP contribution is 2.10. The molecule has 0 spiro atoms. The number of guanidine groups is 1. The molecule has 21 heavy (non-hydrogen) atoms. The van der Waals surface area contributed by atoms with Crippen LogP contribution in [-0.2, 0) is 16.3 Å². The summed E-state index contributed by atoms with van der Waals surface area (Å²) in [5, 5.41) is 3.04. The predicted octanol–water partition coefficient (Wildman–Crippen LogP) is 1.81. The summed E-state index contributed by atoms with van der Waals surface area (Å²) in [6.07, 6.45) is 1.97. The van der Waals surface area contributed by atoms with Crippen molar-refractivity contribution in [2.45, 2.75) is 25.2 Å². The Morgan fingerprint density at radius 3 is 2.33 bits per heavy atom. The molecule has 0 aliphatic rings. The van der Waals surface area contributed by atoms with Gasteiger partial charge in [0.2, 0.25) is 0 Å². The summed E-state index contributed by atoms with van der Waals surface area (Å²) in [5.41, 5.74) is 6.78. The van der Waals surface area contributed by atoms with E-state index in [9.17, 15) is 8.42 Å². The minimum Gasteiger partial charge on any atom is -0.370 e. The molecule has 0 heterocycles. The SMILES string of the molecule is CC(C)CN=C(N)NCCc1ccc(S(C)(=O)=O)cc1.I. The molecule has 3 N–H and O–H groups in total. The predicted molar refractivity (Wildman–Crippen MR) is 98.0 cm³/mol. The summed E-state index contributed by atoms with van der Waals surface area (Å²) in [5.74, 6) is 0.936. The van der Waals surface area contributed by atoms with E-state index in [1.807, 2.05) is 12.1 Å². The van der Waals surface area contributed by atoms with E-state index in [2.05, 4.69) is 24.2 Å². The average Bonchev–Trinajstić information content (AvgIpc) is 2.36. The lowest BCUT2D eigenvalue weighted by Crippen LogP contribution is -2.33. The highest BCUT2D eigenvalue weighted by Gasteiger charge is 2.05. The van der Waals surface area contributed by atoms with Crippen LogP contribution < -0.4 is 11.1 Å². The van der Waals surface area contributed by atoms with Crippen LogP contribution in [0.4, 0.5) is 0 Å². The molecule has 7 heteroatoms. The van der Waals surface area contributed by atoms with Crippen molar-refractivity contribution < 1.29 is 8.42 Å². The maximum Gasteiger partial charge on any atom is 0.188 e. The van der Waals surface area contributed by atoms with E-state index >= 15 is 0 Å². The van der Waals surface area contributed by atoms with Gasteiger partial charge in [0.05, 0.1) is 4.90 Å². The van der Waals surface area contributed by atoms with Gasteiger partial charge >= 0.3 is 0 Å². The quantitative estimate of drug-likeness (QED) is 0.414. The van der Waals surface area contributed by atoms with E-state index in [4.69, 9.17) is 5.73 Å². The highest BCUT2D eigenvalue weighted by molar-refractivity contribution is 14.0. The maximum absolute atomic E-state index is 11.3. The third-order valence-electron chi connectivity index (χ3n) is 2.70. The first kappa shape index (κ1) is 20.2. The van der Waals surface area contributed by atoms with Crippen molar-refractivity contribution in [1.82, 2.24) is 5.32 Å². The lowest BCUT2D eigenvalue weighted by molar-refractivity contribution is 0.602. The van der Waals surface area contributed by atoms with Gasteiger partial charge < -0.3 is 11.1 Å². The Kier molecular flexibility index (Phi) is 8.88. The Morgan fingerprint density at radius 2 is 1.86 bits per heavy atom. The summed E-state index contributed by atoms with van der Waals surface area (Å²) in [7, 11) is -3.12. The molecule has 0 radical (unpaired) electrons. The summed E-state index contributed by atoms with van der Waals surface area (Å²) in [6, 6.07) is 6.89. The van der Waals surface area contributed by atoms with E-state index in [-0.39, 0.29) is 24.0 Å². The van der Waals surface area contributed by atoms with Gasteiger partial charge in [0.1, 0.15) is 0 Å². The van der Waals surface area contributed by atoms with Crippen molar-refractivity contribution in [2.24, 2.45) is 16.6 Å². The number of nitrogens with two attached hydrogens (primary N) is 1. The fourth-order valence-electron chi connectivity index (χ4n) is 1.58. The van der Waals surface area contributed by atoms with Gasteiger partial charge in [0.25, 0.3) is 0 Å². The number of sulfone groups is 1. The largest absolute Gasteiger partial charge is 0.370 e. The van der Waals surface area contributed by atoms with E-state index in [0.29, 0.717) is 29.9 Å². The van der Waals surface area contributed by atoms with Crippen molar-refractivity contribution in [1.29, 1.82) is 0 Å². The van der Waals surface area contributed by atoms with Crippen LogP contribution in [0.5, 0.6) is 0 Å². The molecule has 0 aromatic heterocycles. The molecule has 0 saturated heterocycles. The molecule has 0 aliphatic heterocycles. The third kappa shape index (κ3) is 8.25. The zero-order valence-electron chi connectivity index (χ0n) is 12.7. The van der Waals surface area contributed by atoms with Crippen LogP contribution in [-0.4, -0.2) is 33.7 Å². The first-order chi connectivity index (χ1) is 9.29. The summed E-state index contributed by atoms with van der Waals surface area (Å²) >= 11 is 0. The van der Waals surface area contributed by atoms with Crippen LogP contribution in [0.2, 0.25) is 0 Å². The Labute approximate surface area is 144 Å². The maximum atomic E-state index is 11.3. The van der Waals surface area contributed by atoms with Crippen molar-refractivity contribution in [3.05, 3.63) is 29.8 Å². The normalized spacial score (nSPS) is 12.1. The zero-order valence-corrected chi connectivity index (χ0v) is 15.8. The standard InChI is InChI=1S/C14H23N3O2S.HI/c1-11(2)10-17-14(15)16-9-8-12-4-6-13(7-5-12)20(3,18)19;/h4-7,11H,8-10H2,1-3H3,(H3,15,16,17);1H. The van der Waals surface area contributed by atoms with Gasteiger partial charge in [-0.1, -0.05) is 26.0 Å². The second kappa shape index (κ2) is 9.24. The van der Waals surface area contributed by atoms with Crippen LogP contribution in [0, 0.1) is 5.92 Å². The molecule has 0 amide bonds. The van der Waals surface area contributed by atoms with Crippen LogP contribution in [0.25, 0.3) is 0 Å². The third-order valence-corrected chi connectivity index (χ3v) is 3.83. The van der Waals surface area contributed by atoms with Gasteiger partial charge in [-0.2, -0.15) is 0 Å². The Balaban J connectivity index is 0.00000400. The molecule has 0 atom stereocenters. The summed E-state index contributed by atoms with van der Waals surface area (Å²) in [4.78, 5) is 4.55. The highest BCUT2D eigenvalue weighted by atomic mass is 127. The van der Waals surface area contributed by atoms with E-state index in [1.54, 1.807) is 12.1 Å². The topological polar surface area (TPSA) is 84.5 Å². The van der Waals surface area contributed by atoms with Gasteiger partial charge in [-0.15, -0.1) is 24.0 Å². The monoisotopic (exact) mass is 425 g/mol. The van der Waals surface area contributed by atoms with Gasteiger partial charge in [-0.05, 0) is 30.0 Å². The van der Waals surface area contributed by atoms with Gasteiger partial charge in [0.15, 0.2) is 15.8 Å². The van der Waals surface area contributed by atoms with Crippen LogP contribution in [0.15, 0.2) is 34.2 Å². The molecular formula is C14H24IN3O2S. The number of nitrogens with zero attached hydrogens (tertiary/aromatic N) is 1. The lowest BCUT2D eigenvalue weighted by Gasteiger charge is -2.07. The van der Waals surface area contributed by atoms with Gasteiger partial charge in [0, 0.05) is 19.3 Å².